The van der Waals surface area contributed by atoms with Gasteiger partial charge >= 0.3 is 0 Å². The highest BCUT2D eigenvalue weighted by molar-refractivity contribution is 4.78. The zero-order valence-electron chi connectivity index (χ0n) is 8.28. The number of nitrogens with two attached hydrogens (primary N) is 1. The zero-order valence-corrected chi connectivity index (χ0v) is 8.28. The van der Waals surface area contributed by atoms with E-state index in [2.05, 4.69) is 4.90 Å². The first kappa shape index (κ1) is 10.9. The molecular weight excluding hydrogens is 168 g/mol. The van der Waals surface area contributed by atoms with E-state index in [9.17, 15) is 0 Å². The number of ether oxygens (including phenoxy) is 1. The highest BCUT2D eigenvalue weighted by Crippen LogP contribution is 2.13. The Kier molecular flexibility index (Phi) is 4.66. The van der Waals surface area contributed by atoms with E-state index in [4.69, 9.17) is 15.6 Å². The Balaban J connectivity index is 2.25. The van der Waals surface area contributed by atoms with Gasteiger partial charge in [0.25, 0.3) is 0 Å². The summed E-state index contributed by atoms with van der Waals surface area (Å²) in [6.45, 7) is 3.39. The molecule has 0 aromatic heterocycles. The van der Waals surface area contributed by atoms with Crippen LogP contribution in [0, 0.1) is 5.92 Å². The molecule has 13 heavy (non-hydrogen) atoms. The van der Waals surface area contributed by atoms with Gasteiger partial charge in [0.15, 0.2) is 0 Å². The molecule has 2 unspecified atom stereocenters. The second-order valence-corrected chi connectivity index (χ2v) is 3.77. The minimum Gasteiger partial charge on any atom is -0.395 e. The summed E-state index contributed by atoms with van der Waals surface area (Å²) >= 11 is 0. The molecule has 0 amide bonds. The fraction of sp³-hybridized carbons (Fsp3) is 1.00. The topological polar surface area (TPSA) is 58.7 Å². The number of hydrogen-bond acceptors (Lipinski definition) is 4. The molecule has 1 heterocycles. The Morgan fingerprint density at radius 3 is 3.00 bits per heavy atom. The van der Waals surface area contributed by atoms with Crippen molar-refractivity contribution in [2.45, 2.75) is 12.5 Å². The largest absolute Gasteiger partial charge is 0.395 e. The van der Waals surface area contributed by atoms with E-state index in [0.717, 1.165) is 26.2 Å². The molecule has 0 aromatic carbocycles. The van der Waals surface area contributed by atoms with Crippen LogP contribution in [0.1, 0.15) is 6.42 Å². The Morgan fingerprint density at radius 2 is 2.38 bits per heavy atom. The van der Waals surface area contributed by atoms with Gasteiger partial charge in [-0.15, -0.1) is 0 Å². The van der Waals surface area contributed by atoms with Gasteiger partial charge in [0.1, 0.15) is 0 Å². The van der Waals surface area contributed by atoms with E-state index < -0.39 is 0 Å². The molecular formula is C9H20N2O2. The van der Waals surface area contributed by atoms with Crippen LogP contribution in [-0.4, -0.2) is 56.0 Å². The summed E-state index contributed by atoms with van der Waals surface area (Å²) in [7, 11) is 2.00. The molecule has 0 spiro atoms. The molecule has 2 atom stereocenters. The van der Waals surface area contributed by atoms with Gasteiger partial charge < -0.3 is 20.5 Å². The average molecular weight is 188 g/mol. The first-order valence-corrected chi connectivity index (χ1v) is 4.86. The first-order valence-electron chi connectivity index (χ1n) is 4.86. The van der Waals surface area contributed by atoms with Crippen molar-refractivity contribution in [1.82, 2.24) is 4.90 Å². The molecule has 1 saturated heterocycles. The molecule has 1 fully saturated rings. The predicted molar refractivity (Wildman–Crippen MR) is 51.5 cm³/mol. The lowest BCUT2D eigenvalue weighted by atomic mass is 9.96. The summed E-state index contributed by atoms with van der Waals surface area (Å²) in [5.41, 5.74) is 5.95. The van der Waals surface area contributed by atoms with Crippen molar-refractivity contribution in [3.63, 3.8) is 0 Å². The minimum absolute atomic E-state index is 0.208. The van der Waals surface area contributed by atoms with E-state index in [1.54, 1.807) is 0 Å². The number of likely N-dealkylation sites (N-methyl/N-ethyl adjacent to an activating group) is 1. The van der Waals surface area contributed by atoms with E-state index in [0.29, 0.717) is 12.5 Å². The molecule has 4 nitrogen and oxygen atoms in total. The maximum atomic E-state index is 8.73. The summed E-state index contributed by atoms with van der Waals surface area (Å²) < 4.78 is 5.36. The zero-order chi connectivity index (χ0) is 9.68. The van der Waals surface area contributed by atoms with Gasteiger partial charge in [-0.25, -0.2) is 0 Å². The molecule has 4 heteroatoms. The molecule has 0 aliphatic carbocycles. The highest BCUT2D eigenvalue weighted by Gasteiger charge is 2.23. The van der Waals surface area contributed by atoms with Crippen LogP contribution in [0.25, 0.3) is 0 Å². The fourth-order valence-corrected chi connectivity index (χ4v) is 1.66. The maximum Gasteiger partial charge on any atom is 0.0558 e. The standard InChI is InChI=1S/C9H20N2O2/c1-11(3-4-12)6-8-7-13-5-2-9(8)10/h8-9,12H,2-7,10H2,1H3. The van der Waals surface area contributed by atoms with Crippen molar-refractivity contribution in [3.05, 3.63) is 0 Å². The summed E-state index contributed by atoms with van der Waals surface area (Å²) in [5, 5.41) is 8.73. The molecule has 0 radical (unpaired) electrons. The van der Waals surface area contributed by atoms with E-state index in [-0.39, 0.29) is 12.6 Å². The molecule has 0 aromatic rings. The lowest BCUT2D eigenvalue weighted by Gasteiger charge is -2.31. The van der Waals surface area contributed by atoms with Crippen molar-refractivity contribution in [2.24, 2.45) is 11.7 Å². The maximum absolute atomic E-state index is 8.73. The fourth-order valence-electron chi connectivity index (χ4n) is 1.66. The van der Waals surface area contributed by atoms with Crippen LogP contribution in [0.5, 0.6) is 0 Å². The second kappa shape index (κ2) is 5.54. The molecule has 1 aliphatic rings. The number of aliphatic hydroxyl groups excluding tert-OH is 1. The van der Waals surface area contributed by atoms with E-state index in [1.807, 2.05) is 7.05 Å². The minimum atomic E-state index is 0.208. The smallest absolute Gasteiger partial charge is 0.0558 e. The monoisotopic (exact) mass is 188 g/mol. The third-order valence-corrected chi connectivity index (χ3v) is 2.56. The molecule has 0 bridgehead atoms. The van der Waals surface area contributed by atoms with Crippen molar-refractivity contribution in [1.29, 1.82) is 0 Å². The van der Waals surface area contributed by atoms with Crippen LogP contribution in [-0.2, 0) is 4.74 Å². The number of hydrogen-bond donors (Lipinski definition) is 2. The predicted octanol–water partition coefficient (Wildman–Crippen LogP) is -0.726. The van der Waals surface area contributed by atoms with Gasteiger partial charge in [-0.05, 0) is 13.5 Å². The van der Waals surface area contributed by atoms with Crippen molar-refractivity contribution >= 4 is 0 Å². The third kappa shape index (κ3) is 3.60. The van der Waals surface area contributed by atoms with Gasteiger partial charge in [-0.3, -0.25) is 0 Å². The lowest BCUT2D eigenvalue weighted by Crippen LogP contribution is -2.44. The van der Waals surface area contributed by atoms with E-state index >= 15 is 0 Å². The number of rotatable bonds is 4. The SMILES string of the molecule is CN(CCO)CC1COCCC1N. The summed E-state index contributed by atoms with van der Waals surface area (Å²) in [6, 6.07) is 0.259. The Hall–Kier alpha value is -0.160. The van der Waals surface area contributed by atoms with Crippen molar-refractivity contribution in [2.75, 3.05) is 40.0 Å². The lowest BCUT2D eigenvalue weighted by molar-refractivity contribution is 0.0277. The normalized spacial score (nSPS) is 29.5. The molecule has 0 saturated carbocycles. The van der Waals surface area contributed by atoms with Crippen LogP contribution in [0.15, 0.2) is 0 Å². The van der Waals surface area contributed by atoms with Crippen molar-refractivity contribution < 1.29 is 9.84 Å². The van der Waals surface area contributed by atoms with Crippen molar-refractivity contribution in [3.8, 4) is 0 Å². The Labute approximate surface area is 79.7 Å². The second-order valence-electron chi connectivity index (χ2n) is 3.77. The molecule has 1 rings (SSSR count). The van der Waals surface area contributed by atoms with E-state index in [1.165, 1.54) is 0 Å². The van der Waals surface area contributed by atoms with Crippen LogP contribution in [0.4, 0.5) is 0 Å². The summed E-state index contributed by atoms with van der Waals surface area (Å²) in [4.78, 5) is 2.10. The Bertz CT molecular complexity index is 144. The van der Waals surface area contributed by atoms with Gasteiger partial charge in [-0.1, -0.05) is 0 Å². The number of nitrogens with zero attached hydrogens (tertiary/aromatic N) is 1. The average Bonchev–Trinajstić information content (AvgIpc) is 2.09. The van der Waals surface area contributed by atoms with Crippen LogP contribution >= 0.6 is 0 Å². The van der Waals surface area contributed by atoms with Gasteiger partial charge in [0, 0.05) is 31.7 Å². The summed E-state index contributed by atoms with van der Waals surface area (Å²) in [6.07, 6.45) is 0.956. The van der Waals surface area contributed by atoms with Gasteiger partial charge in [0.05, 0.1) is 13.2 Å². The van der Waals surface area contributed by atoms with Crippen LogP contribution in [0.2, 0.25) is 0 Å². The quantitative estimate of drug-likeness (QED) is 0.611. The Morgan fingerprint density at radius 1 is 1.62 bits per heavy atom. The number of aliphatic hydroxyl groups is 1. The van der Waals surface area contributed by atoms with Crippen LogP contribution < -0.4 is 5.73 Å². The molecule has 1 aliphatic heterocycles. The first-order chi connectivity index (χ1) is 6.24. The third-order valence-electron chi connectivity index (χ3n) is 2.56. The van der Waals surface area contributed by atoms with Gasteiger partial charge in [0.2, 0.25) is 0 Å². The van der Waals surface area contributed by atoms with Gasteiger partial charge in [-0.2, -0.15) is 0 Å². The molecule has 78 valence electrons. The van der Waals surface area contributed by atoms with Crippen LogP contribution in [0.3, 0.4) is 0 Å². The molecule has 3 N–H and O–H groups in total. The highest BCUT2D eigenvalue weighted by atomic mass is 16.5. The summed E-state index contributed by atoms with van der Waals surface area (Å²) in [5.74, 6) is 0.422.